The normalized spacial score (nSPS) is 11.1. The summed E-state index contributed by atoms with van der Waals surface area (Å²) in [7, 11) is 0. The average Bonchev–Trinajstić information content (AvgIpc) is 3.34. The van der Waals surface area contributed by atoms with E-state index in [4.69, 9.17) is 0 Å². The molecule has 4 rings (SSSR count). The van der Waals surface area contributed by atoms with E-state index in [1.165, 1.54) is 16.7 Å². The monoisotopic (exact) mass is 384 g/mol. The van der Waals surface area contributed by atoms with Crippen LogP contribution in [0.1, 0.15) is 28.6 Å². The maximum Gasteiger partial charge on any atom is 0.267 e. The molecule has 1 N–H and O–H groups in total. The average molecular weight is 385 g/mol. The highest BCUT2D eigenvalue weighted by Crippen LogP contribution is 2.34. The van der Waals surface area contributed by atoms with Crippen LogP contribution in [0.2, 0.25) is 0 Å². The molecule has 0 saturated heterocycles. The van der Waals surface area contributed by atoms with E-state index in [1.807, 2.05) is 35.0 Å². The third-order valence-corrected chi connectivity index (χ3v) is 6.76. The molecule has 0 atom stereocenters. The van der Waals surface area contributed by atoms with Crippen molar-refractivity contribution in [1.82, 2.24) is 4.98 Å². The standard InChI is InChI=1S/C19H16N2OS3/c1-2-6-13-12-7-3-4-8-15(12)25-17(13)18(22)21-19-20-14(11-24-19)16-9-5-10-23-16/h3-5,7-11H,2,6H2,1H3,(H,20,21,22). The van der Waals surface area contributed by atoms with Gasteiger partial charge in [0.05, 0.1) is 15.4 Å². The lowest BCUT2D eigenvalue weighted by molar-refractivity contribution is 0.103. The van der Waals surface area contributed by atoms with Crippen molar-refractivity contribution < 1.29 is 4.79 Å². The van der Waals surface area contributed by atoms with Crippen molar-refractivity contribution >= 4 is 55.1 Å². The lowest BCUT2D eigenvalue weighted by Crippen LogP contribution is -2.12. The van der Waals surface area contributed by atoms with Crippen molar-refractivity contribution in [3.8, 4) is 10.6 Å². The van der Waals surface area contributed by atoms with Gasteiger partial charge in [-0.2, -0.15) is 0 Å². The van der Waals surface area contributed by atoms with Gasteiger partial charge >= 0.3 is 0 Å². The van der Waals surface area contributed by atoms with E-state index in [1.54, 1.807) is 22.7 Å². The number of benzene rings is 1. The molecule has 0 radical (unpaired) electrons. The number of hydrogen-bond donors (Lipinski definition) is 1. The maximum atomic E-state index is 12.8. The fourth-order valence-electron chi connectivity index (χ4n) is 2.80. The van der Waals surface area contributed by atoms with Crippen LogP contribution in [0.15, 0.2) is 47.2 Å². The minimum absolute atomic E-state index is 0.0586. The molecule has 0 aliphatic carbocycles. The molecule has 0 saturated carbocycles. The highest BCUT2D eigenvalue weighted by molar-refractivity contribution is 7.21. The predicted octanol–water partition coefficient (Wildman–Crippen LogP) is 6.29. The summed E-state index contributed by atoms with van der Waals surface area (Å²) in [5, 5.41) is 8.84. The predicted molar refractivity (Wildman–Crippen MR) is 109 cm³/mol. The van der Waals surface area contributed by atoms with Gasteiger partial charge in [0.15, 0.2) is 5.13 Å². The number of carbonyl (C=O) groups excluding carboxylic acids is 1. The smallest absolute Gasteiger partial charge is 0.267 e. The zero-order valence-corrected chi connectivity index (χ0v) is 16.1. The lowest BCUT2D eigenvalue weighted by Gasteiger charge is -2.03. The second-order valence-corrected chi connectivity index (χ2v) is 8.48. The fraction of sp³-hybridized carbons (Fsp3) is 0.158. The second-order valence-electron chi connectivity index (χ2n) is 5.63. The number of carbonyl (C=O) groups is 1. The highest BCUT2D eigenvalue weighted by atomic mass is 32.1. The van der Waals surface area contributed by atoms with E-state index >= 15 is 0 Å². The maximum absolute atomic E-state index is 12.8. The van der Waals surface area contributed by atoms with Crippen molar-refractivity contribution in [1.29, 1.82) is 0 Å². The first-order valence-electron chi connectivity index (χ1n) is 8.07. The summed E-state index contributed by atoms with van der Waals surface area (Å²) in [6.45, 7) is 2.14. The Morgan fingerprint density at radius 3 is 2.84 bits per heavy atom. The van der Waals surface area contributed by atoms with Gasteiger partial charge in [-0.25, -0.2) is 4.98 Å². The van der Waals surface area contributed by atoms with Gasteiger partial charge in [0, 0.05) is 10.1 Å². The van der Waals surface area contributed by atoms with Crippen LogP contribution in [0.3, 0.4) is 0 Å². The van der Waals surface area contributed by atoms with Gasteiger partial charge in [-0.1, -0.05) is 37.6 Å². The molecule has 1 aromatic carbocycles. The van der Waals surface area contributed by atoms with Crippen molar-refractivity contribution in [2.75, 3.05) is 5.32 Å². The molecule has 0 spiro atoms. The molecule has 3 aromatic heterocycles. The van der Waals surface area contributed by atoms with Crippen LogP contribution in [0.4, 0.5) is 5.13 Å². The van der Waals surface area contributed by atoms with Crippen LogP contribution in [0, 0.1) is 0 Å². The van der Waals surface area contributed by atoms with Crippen LogP contribution in [0.25, 0.3) is 20.7 Å². The molecule has 3 nitrogen and oxygen atoms in total. The Balaban J connectivity index is 1.63. The zero-order valence-electron chi connectivity index (χ0n) is 13.6. The molecule has 25 heavy (non-hydrogen) atoms. The topological polar surface area (TPSA) is 42.0 Å². The minimum Gasteiger partial charge on any atom is -0.297 e. The summed E-state index contributed by atoms with van der Waals surface area (Å²) in [4.78, 5) is 19.3. The molecular formula is C19H16N2OS3. The summed E-state index contributed by atoms with van der Waals surface area (Å²) in [6.07, 6.45) is 1.92. The number of hydrogen-bond acceptors (Lipinski definition) is 5. The second kappa shape index (κ2) is 7.07. The van der Waals surface area contributed by atoms with Gasteiger partial charge in [-0.05, 0) is 34.9 Å². The molecular weight excluding hydrogens is 368 g/mol. The first-order chi connectivity index (χ1) is 12.3. The minimum atomic E-state index is -0.0586. The summed E-state index contributed by atoms with van der Waals surface area (Å²) < 4.78 is 1.16. The zero-order chi connectivity index (χ0) is 17.2. The van der Waals surface area contributed by atoms with E-state index in [0.717, 1.165) is 38.6 Å². The van der Waals surface area contributed by atoms with E-state index in [-0.39, 0.29) is 5.91 Å². The Morgan fingerprint density at radius 2 is 2.04 bits per heavy atom. The number of aryl methyl sites for hydroxylation is 1. The van der Waals surface area contributed by atoms with Crippen LogP contribution in [0.5, 0.6) is 0 Å². The Morgan fingerprint density at radius 1 is 1.16 bits per heavy atom. The van der Waals surface area contributed by atoms with Crippen molar-refractivity contribution in [3.63, 3.8) is 0 Å². The SMILES string of the molecule is CCCc1c(C(=O)Nc2nc(-c3cccs3)cs2)sc2ccccc12. The quantitative estimate of drug-likeness (QED) is 0.439. The van der Waals surface area contributed by atoms with Crippen molar-refractivity contribution in [3.05, 3.63) is 57.6 Å². The summed E-state index contributed by atoms with van der Waals surface area (Å²) in [6, 6.07) is 12.3. The molecule has 1 amide bonds. The van der Waals surface area contributed by atoms with Gasteiger partial charge in [0.2, 0.25) is 0 Å². The number of amides is 1. The number of aromatic nitrogens is 1. The Kier molecular flexibility index (Phi) is 4.65. The number of fused-ring (bicyclic) bond motifs is 1. The number of nitrogens with zero attached hydrogens (tertiary/aromatic N) is 1. The number of thiophene rings is 2. The largest absolute Gasteiger partial charge is 0.297 e. The number of rotatable bonds is 5. The van der Waals surface area contributed by atoms with Crippen LogP contribution >= 0.6 is 34.0 Å². The van der Waals surface area contributed by atoms with E-state index < -0.39 is 0 Å². The Labute approximate surface area is 158 Å². The third kappa shape index (κ3) is 3.25. The number of anilines is 1. The van der Waals surface area contributed by atoms with Crippen LogP contribution in [-0.2, 0) is 6.42 Å². The third-order valence-electron chi connectivity index (χ3n) is 3.90. The molecule has 3 heterocycles. The van der Waals surface area contributed by atoms with Gasteiger partial charge in [-0.15, -0.1) is 34.0 Å². The first-order valence-corrected chi connectivity index (χ1v) is 10.6. The molecule has 0 fully saturated rings. The molecule has 0 unspecified atom stereocenters. The molecule has 6 heteroatoms. The van der Waals surface area contributed by atoms with Crippen molar-refractivity contribution in [2.45, 2.75) is 19.8 Å². The van der Waals surface area contributed by atoms with E-state index in [0.29, 0.717) is 5.13 Å². The molecule has 0 bridgehead atoms. The summed E-state index contributed by atoms with van der Waals surface area (Å²) in [5.74, 6) is -0.0586. The Hall–Kier alpha value is -2.02. The fourth-order valence-corrected chi connectivity index (χ4v) is 5.42. The molecule has 0 aliphatic heterocycles. The number of nitrogens with one attached hydrogen (secondary N) is 1. The summed E-state index contributed by atoms with van der Waals surface area (Å²) >= 11 is 4.68. The summed E-state index contributed by atoms with van der Waals surface area (Å²) in [5.41, 5.74) is 2.07. The molecule has 4 aromatic rings. The van der Waals surface area contributed by atoms with E-state index in [2.05, 4.69) is 29.4 Å². The highest BCUT2D eigenvalue weighted by Gasteiger charge is 2.19. The molecule has 126 valence electrons. The lowest BCUT2D eigenvalue weighted by atomic mass is 10.1. The van der Waals surface area contributed by atoms with Crippen LogP contribution < -0.4 is 5.32 Å². The first kappa shape index (κ1) is 16.4. The van der Waals surface area contributed by atoms with Gasteiger partial charge in [-0.3, -0.25) is 10.1 Å². The van der Waals surface area contributed by atoms with Gasteiger partial charge in [0.25, 0.3) is 5.91 Å². The van der Waals surface area contributed by atoms with Gasteiger partial charge in [0.1, 0.15) is 0 Å². The van der Waals surface area contributed by atoms with Crippen LogP contribution in [-0.4, -0.2) is 10.9 Å². The Bertz CT molecular complexity index is 1010. The van der Waals surface area contributed by atoms with Gasteiger partial charge < -0.3 is 0 Å². The number of thiazole rings is 1. The molecule has 0 aliphatic rings. The van der Waals surface area contributed by atoms with Crippen molar-refractivity contribution in [2.24, 2.45) is 0 Å². The van der Waals surface area contributed by atoms with E-state index in [9.17, 15) is 4.79 Å².